The van der Waals surface area contributed by atoms with Gasteiger partial charge in [0.15, 0.2) is 0 Å². The van der Waals surface area contributed by atoms with Crippen LogP contribution in [0.3, 0.4) is 0 Å². The van der Waals surface area contributed by atoms with Crippen LogP contribution in [0, 0.1) is 0 Å². The molecule has 1 saturated heterocycles. The number of hydrogen-bond donors (Lipinski definition) is 1. The van der Waals surface area contributed by atoms with Crippen LogP contribution in [0.4, 0.5) is 5.82 Å². The second kappa shape index (κ2) is 8.55. The second-order valence-electron chi connectivity index (χ2n) is 10.0. The molecule has 3 fully saturated rings. The van der Waals surface area contributed by atoms with Gasteiger partial charge < -0.3 is 15.2 Å². The fourth-order valence-corrected chi connectivity index (χ4v) is 5.44. The lowest BCUT2D eigenvalue weighted by atomic mass is 10.0. The fourth-order valence-electron chi connectivity index (χ4n) is 5.44. The standard InChI is InChI=1S/C27H32N6O/c1-31(20-11-12-20)14-5-8-22(34)32-15-13-21(16-32)33-25(19-9-10-19)23(18-6-3-2-4-7-18)24-26(28)29-17-30-27(24)33/h2-8,17,19-21H,9-16H2,1H3,(H2,28,29,30)/b8-5+/t21-/m1/s1. The highest BCUT2D eigenvalue weighted by atomic mass is 16.2. The van der Waals surface area contributed by atoms with Crippen molar-refractivity contribution in [3.63, 3.8) is 0 Å². The minimum absolute atomic E-state index is 0.105. The molecule has 1 amide bonds. The molecule has 3 aromatic rings. The van der Waals surface area contributed by atoms with Crippen LogP contribution < -0.4 is 5.73 Å². The molecule has 7 nitrogen and oxygen atoms in total. The minimum Gasteiger partial charge on any atom is -0.383 e. The van der Waals surface area contributed by atoms with E-state index in [2.05, 4.69) is 45.8 Å². The van der Waals surface area contributed by atoms with E-state index < -0.39 is 0 Å². The zero-order valence-corrected chi connectivity index (χ0v) is 19.7. The van der Waals surface area contributed by atoms with Gasteiger partial charge in [0, 0.05) is 43.0 Å². The average molecular weight is 457 g/mol. The van der Waals surface area contributed by atoms with E-state index in [0.717, 1.165) is 36.1 Å². The fraction of sp³-hybridized carbons (Fsp3) is 0.444. The molecule has 1 aliphatic heterocycles. The van der Waals surface area contributed by atoms with E-state index in [4.69, 9.17) is 10.7 Å². The summed E-state index contributed by atoms with van der Waals surface area (Å²) in [4.78, 5) is 26.3. The number of carbonyl (C=O) groups is 1. The molecule has 2 aromatic heterocycles. The van der Waals surface area contributed by atoms with Gasteiger partial charge in [-0.15, -0.1) is 0 Å². The van der Waals surface area contributed by atoms with E-state index in [1.54, 1.807) is 12.4 Å². The molecule has 3 heterocycles. The number of nitrogens with two attached hydrogens (primary N) is 1. The van der Waals surface area contributed by atoms with Crippen LogP contribution in [0.1, 0.15) is 49.8 Å². The number of likely N-dealkylation sites (N-methyl/N-ethyl adjacent to an activating group) is 1. The maximum Gasteiger partial charge on any atom is 0.246 e. The topological polar surface area (TPSA) is 80.3 Å². The molecule has 0 radical (unpaired) electrons. The Morgan fingerprint density at radius 3 is 2.68 bits per heavy atom. The molecule has 6 rings (SSSR count). The Balaban J connectivity index is 1.32. The van der Waals surface area contributed by atoms with Crippen LogP contribution in [-0.4, -0.2) is 63.0 Å². The molecule has 2 saturated carbocycles. The van der Waals surface area contributed by atoms with E-state index in [0.29, 0.717) is 24.3 Å². The number of hydrogen-bond acceptors (Lipinski definition) is 5. The van der Waals surface area contributed by atoms with Crippen molar-refractivity contribution in [1.29, 1.82) is 0 Å². The Bertz CT molecular complexity index is 1240. The van der Waals surface area contributed by atoms with Crippen molar-refractivity contribution in [2.45, 2.75) is 50.1 Å². The summed E-state index contributed by atoms with van der Waals surface area (Å²) in [6, 6.07) is 11.4. The number of nitrogen functional groups attached to an aromatic ring is 1. The number of nitrogens with zero attached hydrogens (tertiary/aromatic N) is 5. The van der Waals surface area contributed by atoms with Gasteiger partial charge in [0.25, 0.3) is 0 Å². The number of benzene rings is 1. The molecule has 34 heavy (non-hydrogen) atoms. The van der Waals surface area contributed by atoms with Crippen LogP contribution in [0.2, 0.25) is 0 Å². The largest absolute Gasteiger partial charge is 0.383 e. The molecule has 1 aromatic carbocycles. The van der Waals surface area contributed by atoms with Gasteiger partial charge in [-0.3, -0.25) is 9.69 Å². The first-order valence-corrected chi connectivity index (χ1v) is 12.5. The van der Waals surface area contributed by atoms with E-state index >= 15 is 0 Å². The van der Waals surface area contributed by atoms with Gasteiger partial charge in [-0.1, -0.05) is 36.4 Å². The molecule has 176 valence electrons. The van der Waals surface area contributed by atoms with Crippen LogP contribution in [-0.2, 0) is 4.79 Å². The lowest BCUT2D eigenvalue weighted by Gasteiger charge is -2.19. The van der Waals surface area contributed by atoms with E-state index in [9.17, 15) is 4.79 Å². The minimum atomic E-state index is 0.105. The van der Waals surface area contributed by atoms with Crippen molar-refractivity contribution >= 4 is 22.8 Å². The van der Waals surface area contributed by atoms with Crippen LogP contribution in [0.5, 0.6) is 0 Å². The van der Waals surface area contributed by atoms with Gasteiger partial charge in [0.1, 0.15) is 17.8 Å². The first kappa shape index (κ1) is 21.4. The highest BCUT2D eigenvalue weighted by Gasteiger charge is 2.38. The van der Waals surface area contributed by atoms with Gasteiger partial charge >= 0.3 is 0 Å². The third kappa shape index (κ3) is 3.88. The molecule has 0 bridgehead atoms. The third-order valence-electron chi connectivity index (χ3n) is 7.54. The predicted molar refractivity (Wildman–Crippen MR) is 134 cm³/mol. The van der Waals surface area contributed by atoms with Crippen LogP contribution in [0.25, 0.3) is 22.2 Å². The Morgan fingerprint density at radius 1 is 1.15 bits per heavy atom. The Labute approximate surface area is 200 Å². The number of amides is 1. The lowest BCUT2D eigenvalue weighted by Crippen LogP contribution is -2.28. The summed E-state index contributed by atoms with van der Waals surface area (Å²) in [7, 11) is 2.13. The van der Waals surface area contributed by atoms with Gasteiger partial charge in [0.05, 0.1) is 11.4 Å². The van der Waals surface area contributed by atoms with E-state index in [-0.39, 0.29) is 11.9 Å². The molecule has 0 unspecified atom stereocenters. The Morgan fingerprint density at radius 2 is 1.94 bits per heavy atom. The van der Waals surface area contributed by atoms with Crippen molar-refractivity contribution < 1.29 is 4.79 Å². The van der Waals surface area contributed by atoms with Crippen molar-refractivity contribution in [3.8, 4) is 11.1 Å². The third-order valence-corrected chi connectivity index (χ3v) is 7.54. The molecular formula is C27H32N6O. The molecule has 2 aliphatic carbocycles. The van der Waals surface area contributed by atoms with Crippen molar-refractivity contribution in [3.05, 3.63) is 54.5 Å². The van der Waals surface area contributed by atoms with Crippen LogP contribution >= 0.6 is 0 Å². The summed E-state index contributed by atoms with van der Waals surface area (Å²) in [6.45, 7) is 2.29. The average Bonchev–Trinajstić information content (AvgIpc) is 3.78. The summed E-state index contributed by atoms with van der Waals surface area (Å²) < 4.78 is 2.39. The lowest BCUT2D eigenvalue weighted by molar-refractivity contribution is -0.125. The Hall–Kier alpha value is -3.19. The number of fused-ring (bicyclic) bond motifs is 1. The first-order valence-electron chi connectivity index (χ1n) is 12.5. The van der Waals surface area contributed by atoms with Crippen LogP contribution in [0.15, 0.2) is 48.8 Å². The zero-order chi connectivity index (χ0) is 23.2. The quantitative estimate of drug-likeness (QED) is 0.544. The van der Waals surface area contributed by atoms with Crippen molar-refractivity contribution in [1.82, 2.24) is 24.3 Å². The van der Waals surface area contributed by atoms with Crippen molar-refractivity contribution in [2.75, 3.05) is 32.4 Å². The van der Waals surface area contributed by atoms with E-state index in [1.165, 1.54) is 36.9 Å². The number of aromatic nitrogens is 3. The van der Waals surface area contributed by atoms with E-state index in [1.807, 2.05) is 17.0 Å². The van der Waals surface area contributed by atoms with Gasteiger partial charge in [0.2, 0.25) is 5.91 Å². The van der Waals surface area contributed by atoms with Gasteiger partial charge in [-0.05, 0) is 50.6 Å². The molecule has 7 heteroatoms. The highest BCUT2D eigenvalue weighted by molar-refractivity contribution is 6.03. The van der Waals surface area contributed by atoms with Gasteiger partial charge in [-0.25, -0.2) is 9.97 Å². The molecule has 0 spiro atoms. The predicted octanol–water partition coefficient (Wildman–Crippen LogP) is 3.98. The summed E-state index contributed by atoms with van der Waals surface area (Å²) in [5.41, 5.74) is 11.0. The highest BCUT2D eigenvalue weighted by Crippen LogP contribution is 2.50. The van der Waals surface area contributed by atoms with Crippen molar-refractivity contribution in [2.24, 2.45) is 0 Å². The molecule has 1 atom stereocenters. The summed E-state index contributed by atoms with van der Waals surface area (Å²) in [5.74, 6) is 1.14. The zero-order valence-electron chi connectivity index (χ0n) is 19.7. The maximum absolute atomic E-state index is 12.9. The number of carbonyl (C=O) groups excluding carboxylic acids is 1. The normalized spacial score (nSPS) is 20.8. The summed E-state index contributed by atoms with van der Waals surface area (Å²) in [6.07, 6.45) is 11.2. The smallest absolute Gasteiger partial charge is 0.246 e. The number of rotatable bonds is 7. The Kier molecular flexibility index (Phi) is 5.37. The summed E-state index contributed by atoms with van der Waals surface area (Å²) in [5, 5.41) is 0.948. The first-order chi connectivity index (χ1) is 16.6. The summed E-state index contributed by atoms with van der Waals surface area (Å²) >= 11 is 0. The molecular weight excluding hydrogens is 424 g/mol. The molecule has 2 N–H and O–H groups in total. The molecule has 3 aliphatic rings. The van der Waals surface area contributed by atoms with Gasteiger partial charge in [-0.2, -0.15) is 0 Å². The second-order valence-corrected chi connectivity index (χ2v) is 10.0. The SMILES string of the molecule is CN(C/C=C/C(=O)N1CC[C@@H](n2c(C3CC3)c(-c3ccccc3)c3c(N)ncnc32)C1)C1CC1. The number of anilines is 1. The monoisotopic (exact) mass is 456 g/mol. The maximum atomic E-state index is 12.9. The number of likely N-dealkylation sites (tertiary alicyclic amines) is 1.